The summed E-state index contributed by atoms with van der Waals surface area (Å²) in [5.74, 6) is 0.803. The zero-order chi connectivity index (χ0) is 25.5. The third-order valence-corrected chi connectivity index (χ3v) is 8.08. The van der Waals surface area contributed by atoms with Crippen LogP contribution in [0, 0.1) is 0 Å². The van der Waals surface area contributed by atoms with E-state index in [2.05, 4.69) is 60.2 Å². The van der Waals surface area contributed by atoms with Crippen molar-refractivity contribution < 1.29 is 9.53 Å². The predicted molar refractivity (Wildman–Crippen MR) is 148 cm³/mol. The monoisotopic (exact) mass is 491 g/mol. The second-order valence-electron chi connectivity index (χ2n) is 11.5. The summed E-state index contributed by atoms with van der Waals surface area (Å²) in [7, 11) is 1.65. The Bertz CT molecular complexity index is 968. The Kier molecular flexibility index (Phi) is 9.08. The van der Waals surface area contributed by atoms with Crippen molar-refractivity contribution in [3.8, 4) is 5.75 Å². The fourth-order valence-electron chi connectivity index (χ4n) is 5.82. The first kappa shape index (κ1) is 26.7. The molecular formula is C31H45N3O2. The number of methoxy groups -OCH3 is 1. The molecule has 1 atom stereocenters. The van der Waals surface area contributed by atoms with E-state index in [0.717, 1.165) is 43.5 Å². The van der Waals surface area contributed by atoms with Gasteiger partial charge < -0.3 is 10.1 Å². The molecule has 1 saturated heterocycles. The quantitative estimate of drug-likeness (QED) is 0.541. The molecule has 0 bridgehead atoms. The molecule has 5 nitrogen and oxygen atoms in total. The molecule has 1 N–H and O–H groups in total. The van der Waals surface area contributed by atoms with E-state index < -0.39 is 0 Å². The van der Waals surface area contributed by atoms with Gasteiger partial charge in [-0.3, -0.25) is 14.6 Å². The highest BCUT2D eigenvalue weighted by atomic mass is 16.5. The van der Waals surface area contributed by atoms with Crippen LogP contribution in [-0.2, 0) is 16.6 Å². The zero-order valence-electron chi connectivity index (χ0n) is 22.8. The van der Waals surface area contributed by atoms with Crippen LogP contribution in [0.2, 0.25) is 0 Å². The van der Waals surface area contributed by atoms with Crippen LogP contribution in [0.15, 0.2) is 48.5 Å². The molecule has 196 valence electrons. The number of nitrogens with zero attached hydrogens (tertiary/aromatic N) is 2. The van der Waals surface area contributed by atoms with E-state index in [-0.39, 0.29) is 17.4 Å². The maximum atomic E-state index is 12.9. The first-order valence-electron chi connectivity index (χ1n) is 13.8. The van der Waals surface area contributed by atoms with Crippen molar-refractivity contribution >= 4 is 5.91 Å². The molecule has 2 aromatic carbocycles. The third kappa shape index (κ3) is 6.89. The van der Waals surface area contributed by atoms with Gasteiger partial charge in [0.2, 0.25) is 5.91 Å². The minimum atomic E-state index is 0.0386. The number of amides is 1. The molecule has 1 heterocycles. The first-order chi connectivity index (χ1) is 17.3. The molecule has 0 aromatic heterocycles. The fraction of sp³-hybridized carbons (Fsp3) is 0.581. The predicted octanol–water partition coefficient (Wildman–Crippen LogP) is 5.34. The van der Waals surface area contributed by atoms with Gasteiger partial charge in [-0.2, -0.15) is 0 Å². The summed E-state index contributed by atoms with van der Waals surface area (Å²) in [6, 6.07) is 17.8. The normalized spacial score (nSPS) is 19.1. The standard InChI is InChI=1S/C31H45N3O2/c1-31(2,3)26-16-14-24(15-17-26)28(23-32-30(35)22-25-10-8-9-13-29(25)36-4)34-20-18-33(19-21-34)27-11-6-5-7-12-27/h8-10,13-17,27-28H,5-7,11-12,18-23H2,1-4H3,(H,32,35). The smallest absolute Gasteiger partial charge is 0.224 e. The van der Waals surface area contributed by atoms with Crippen LogP contribution in [0.25, 0.3) is 0 Å². The summed E-state index contributed by atoms with van der Waals surface area (Å²) in [6.45, 7) is 11.7. The van der Waals surface area contributed by atoms with E-state index in [9.17, 15) is 4.79 Å². The lowest BCUT2D eigenvalue weighted by Crippen LogP contribution is -2.53. The summed E-state index contributed by atoms with van der Waals surface area (Å²) in [5, 5.41) is 3.25. The third-order valence-electron chi connectivity index (χ3n) is 8.08. The largest absolute Gasteiger partial charge is 0.496 e. The van der Waals surface area contributed by atoms with Crippen molar-refractivity contribution in [3.05, 3.63) is 65.2 Å². The maximum absolute atomic E-state index is 12.9. The highest BCUT2D eigenvalue weighted by Gasteiger charge is 2.29. The fourth-order valence-corrected chi connectivity index (χ4v) is 5.82. The van der Waals surface area contributed by atoms with Gasteiger partial charge in [0.25, 0.3) is 0 Å². The molecule has 0 spiro atoms. The lowest BCUT2D eigenvalue weighted by molar-refractivity contribution is -0.120. The van der Waals surface area contributed by atoms with Gasteiger partial charge in [-0.1, -0.05) is 82.5 Å². The van der Waals surface area contributed by atoms with E-state index in [1.54, 1.807) is 7.11 Å². The van der Waals surface area contributed by atoms with Gasteiger partial charge in [0, 0.05) is 44.3 Å². The highest BCUT2D eigenvalue weighted by Crippen LogP contribution is 2.29. The van der Waals surface area contributed by atoms with Gasteiger partial charge in [-0.25, -0.2) is 0 Å². The van der Waals surface area contributed by atoms with E-state index >= 15 is 0 Å². The topological polar surface area (TPSA) is 44.8 Å². The Hall–Kier alpha value is -2.37. The number of piperazine rings is 1. The molecule has 1 unspecified atom stereocenters. The van der Waals surface area contributed by atoms with Gasteiger partial charge >= 0.3 is 0 Å². The number of rotatable bonds is 8. The molecule has 36 heavy (non-hydrogen) atoms. The Morgan fingerprint density at radius 1 is 0.972 bits per heavy atom. The van der Waals surface area contributed by atoms with Gasteiger partial charge in [0.05, 0.1) is 19.6 Å². The molecule has 2 aliphatic rings. The van der Waals surface area contributed by atoms with Crippen molar-refractivity contribution in [1.29, 1.82) is 0 Å². The van der Waals surface area contributed by atoms with Crippen LogP contribution in [0.5, 0.6) is 5.75 Å². The molecule has 0 radical (unpaired) electrons. The van der Waals surface area contributed by atoms with Crippen LogP contribution in [0.1, 0.15) is 75.6 Å². The lowest BCUT2D eigenvalue weighted by atomic mass is 9.86. The van der Waals surface area contributed by atoms with Crippen LogP contribution in [-0.4, -0.2) is 61.6 Å². The van der Waals surface area contributed by atoms with Gasteiger partial charge in [0.15, 0.2) is 0 Å². The van der Waals surface area contributed by atoms with Crippen LogP contribution in [0.4, 0.5) is 0 Å². The molecular weight excluding hydrogens is 446 g/mol. The van der Waals surface area contributed by atoms with Gasteiger partial charge in [-0.15, -0.1) is 0 Å². The second kappa shape index (κ2) is 12.2. The Morgan fingerprint density at radius 3 is 2.28 bits per heavy atom. The number of carbonyl (C=O) groups excluding carboxylic acids is 1. The number of benzene rings is 2. The number of nitrogens with one attached hydrogen (secondary N) is 1. The van der Waals surface area contributed by atoms with Gasteiger partial charge in [0.1, 0.15) is 5.75 Å². The van der Waals surface area contributed by atoms with E-state index in [4.69, 9.17) is 4.74 Å². The molecule has 1 aliphatic heterocycles. The maximum Gasteiger partial charge on any atom is 0.224 e. The van der Waals surface area contributed by atoms with Gasteiger partial charge in [-0.05, 0) is 35.4 Å². The van der Waals surface area contributed by atoms with E-state index in [1.807, 2.05) is 24.3 Å². The second-order valence-corrected chi connectivity index (χ2v) is 11.5. The lowest BCUT2D eigenvalue weighted by Gasteiger charge is -2.43. The Morgan fingerprint density at radius 2 is 1.64 bits per heavy atom. The minimum Gasteiger partial charge on any atom is -0.496 e. The first-order valence-corrected chi connectivity index (χ1v) is 13.8. The average molecular weight is 492 g/mol. The average Bonchev–Trinajstić information content (AvgIpc) is 2.90. The summed E-state index contributed by atoms with van der Waals surface area (Å²) >= 11 is 0. The summed E-state index contributed by atoms with van der Waals surface area (Å²) in [5.41, 5.74) is 3.67. The molecule has 2 fully saturated rings. The summed E-state index contributed by atoms with van der Waals surface area (Å²) < 4.78 is 5.44. The molecule has 2 aromatic rings. The van der Waals surface area contributed by atoms with E-state index in [0.29, 0.717) is 13.0 Å². The van der Waals surface area contributed by atoms with E-state index in [1.165, 1.54) is 43.2 Å². The van der Waals surface area contributed by atoms with Crippen molar-refractivity contribution in [2.45, 2.75) is 76.8 Å². The number of para-hydroxylation sites is 1. The van der Waals surface area contributed by atoms with Crippen LogP contribution >= 0.6 is 0 Å². The molecule has 1 aliphatic carbocycles. The number of hydrogen-bond acceptors (Lipinski definition) is 4. The molecule has 1 saturated carbocycles. The zero-order valence-corrected chi connectivity index (χ0v) is 22.8. The van der Waals surface area contributed by atoms with Crippen LogP contribution in [0.3, 0.4) is 0 Å². The molecule has 1 amide bonds. The Labute approximate surface area is 218 Å². The highest BCUT2D eigenvalue weighted by molar-refractivity contribution is 5.79. The summed E-state index contributed by atoms with van der Waals surface area (Å²) in [4.78, 5) is 18.2. The van der Waals surface area contributed by atoms with Crippen molar-refractivity contribution in [1.82, 2.24) is 15.1 Å². The minimum absolute atomic E-state index is 0.0386. The molecule has 5 heteroatoms. The number of hydrogen-bond donors (Lipinski definition) is 1. The number of ether oxygens (including phenoxy) is 1. The van der Waals surface area contributed by atoms with Crippen molar-refractivity contribution in [2.24, 2.45) is 0 Å². The van der Waals surface area contributed by atoms with Crippen molar-refractivity contribution in [3.63, 3.8) is 0 Å². The summed E-state index contributed by atoms with van der Waals surface area (Å²) in [6.07, 6.45) is 7.21. The Balaban J connectivity index is 1.44. The SMILES string of the molecule is COc1ccccc1CC(=O)NCC(c1ccc(C(C)(C)C)cc1)N1CCN(C2CCCCC2)CC1. The van der Waals surface area contributed by atoms with Crippen molar-refractivity contribution in [2.75, 3.05) is 39.8 Å². The molecule has 4 rings (SSSR count). The van der Waals surface area contributed by atoms with Crippen LogP contribution < -0.4 is 10.1 Å². The number of carbonyl (C=O) groups is 1.